The van der Waals surface area contributed by atoms with Gasteiger partial charge in [0.05, 0.1) is 38.5 Å². The Kier molecular flexibility index (Phi) is 6.31. The van der Waals surface area contributed by atoms with Gasteiger partial charge in [-0.15, -0.1) is 0 Å². The van der Waals surface area contributed by atoms with E-state index in [1.165, 1.54) is 21.8 Å². The van der Waals surface area contributed by atoms with Crippen LogP contribution in [0.5, 0.6) is 5.75 Å². The zero-order chi connectivity index (χ0) is 20.3. The van der Waals surface area contributed by atoms with Crippen molar-refractivity contribution in [2.24, 2.45) is 0 Å². The van der Waals surface area contributed by atoms with Gasteiger partial charge in [0.2, 0.25) is 0 Å². The van der Waals surface area contributed by atoms with E-state index < -0.39 is 0 Å². The van der Waals surface area contributed by atoms with E-state index in [-0.39, 0.29) is 5.91 Å². The van der Waals surface area contributed by atoms with Gasteiger partial charge < -0.3 is 9.64 Å². The number of rotatable bonds is 7. The monoisotopic (exact) mass is 398 g/mol. The largest absolute Gasteiger partial charge is 0.492 e. The predicted molar refractivity (Wildman–Crippen MR) is 116 cm³/mol. The summed E-state index contributed by atoms with van der Waals surface area (Å²) in [7, 11) is 4.18. The molecule has 0 atom stereocenters. The lowest BCUT2D eigenvalue weighted by molar-refractivity contribution is -0.856. The SMILES string of the molecule is CCOc1cccc2sc(N(CC[NH+](C)C)C(=O)c3ccc(C)c(C)c3)nc12. The van der Waals surface area contributed by atoms with E-state index in [2.05, 4.69) is 21.0 Å². The van der Waals surface area contributed by atoms with E-state index in [0.717, 1.165) is 28.1 Å². The molecule has 0 bridgehead atoms. The molecule has 1 amide bonds. The molecule has 3 aromatic rings. The van der Waals surface area contributed by atoms with Gasteiger partial charge in [0.15, 0.2) is 5.13 Å². The topological polar surface area (TPSA) is 46.9 Å². The number of nitrogens with zero attached hydrogens (tertiary/aromatic N) is 2. The van der Waals surface area contributed by atoms with Crippen molar-refractivity contribution >= 4 is 32.6 Å². The number of nitrogens with one attached hydrogen (secondary N) is 1. The number of fused-ring (bicyclic) bond motifs is 1. The quantitative estimate of drug-likeness (QED) is 0.665. The summed E-state index contributed by atoms with van der Waals surface area (Å²) in [6.07, 6.45) is 0. The summed E-state index contributed by atoms with van der Waals surface area (Å²) in [6.45, 7) is 8.08. The van der Waals surface area contributed by atoms with Crippen LogP contribution in [0.2, 0.25) is 0 Å². The lowest BCUT2D eigenvalue weighted by Gasteiger charge is -2.21. The number of likely N-dealkylation sites (N-methyl/N-ethyl adjacent to an activating group) is 1. The van der Waals surface area contributed by atoms with Crippen LogP contribution in [-0.2, 0) is 0 Å². The summed E-state index contributed by atoms with van der Waals surface area (Å²) >= 11 is 1.53. The van der Waals surface area contributed by atoms with Gasteiger partial charge in [-0.3, -0.25) is 9.69 Å². The molecule has 3 rings (SSSR count). The van der Waals surface area contributed by atoms with E-state index in [4.69, 9.17) is 9.72 Å². The predicted octanol–water partition coefficient (Wildman–Crippen LogP) is 3.10. The fourth-order valence-corrected chi connectivity index (χ4v) is 3.96. The van der Waals surface area contributed by atoms with Crippen LogP contribution in [-0.4, -0.2) is 44.7 Å². The summed E-state index contributed by atoms with van der Waals surface area (Å²) in [5.41, 5.74) is 3.81. The second-order valence-corrected chi connectivity index (χ2v) is 8.25. The number of hydrogen-bond acceptors (Lipinski definition) is 4. The average molecular weight is 399 g/mol. The molecule has 6 heteroatoms. The fourth-order valence-electron chi connectivity index (χ4n) is 2.95. The third-order valence-corrected chi connectivity index (χ3v) is 5.78. The molecule has 0 unspecified atom stereocenters. The van der Waals surface area contributed by atoms with Crippen molar-refractivity contribution in [3.8, 4) is 5.75 Å². The highest BCUT2D eigenvalue weighted by molar-refractivity contribution is 7.22. The molecule has 0 aliphatic heterocycles. The molecule has 0 saturated carbocycles. The first-order valence-electron chi connectivity index (χ1n) is 9.61. The number of anilines is 1. The van der Waals surface area contributed by atoms with E-state index in [1.807, 2.05) is 50.2 Å². The number of para-hydroxylation sites is 1. The van der Waals surface area contributed by atoms with Crippen LogP contribution >= 0.6 is 11.3 Å². The highest BCUT2D eigenvalue weighted by Gasteiger charge is 2.23. The summed E-state index contributed by atoms with van der Waals surface area (Å²) in [6, 6.07) is 11.8. The summed E-state index contributed by atoms with van der Waals surface area (Å²) < 4.78 is 6.75. The third kappa shape index (κ3) is 4.34. The normalized spacial score (nSPS) is 11.2. The molecule has 0 aliphatic rings. The standard InChI is InChI=1S/C22H27N3O2S/c1-6-27-18-8-7-9-19-20(18)23-22(28-19)25(13-12-24(4)5)21(26)17-11-10-15(2)16(3)14-17/h7-11,14H,6,12-13H2,1-5H3/p+1. The molecule has 148 valence electrons. The maximum absolute atomic E-state index is 13.4. The van der Waals surface area contributed by atoms with Gasteiger partial charge in [0.1, 0.15) is 11.3 Å². The van der Waals surface area contributed by atoms with Gasteiger partial charge in [0, 0.05) is 5.56 Å². The Morgan fingerprint density at radius 3 is 2.64 bits per heavy atom. The highest BCUT2D eigenvalue weighted by atomic mass is 32.1. The van der Waals surface area contributed by atoms with Gasteiger partial charge in [-0.1, -0.05) is 23.5 Å². The Balaban J connectivity index is 2.01. The molecule has 5 nitrogen and oxygen atoms in total. The van der Waals surface area contributed by atoms with E-state index in [9.17, 15) is 4.79 Å². The van der Waals surface area contributed by atoms with Crippen LogP contribution in [0.25, 0.3) is 10.2 Å². The van der Waals surface area contributed by atoms with E-state index >= 15 is 0 Å². The Hall–Kier alpha value is -2.44. The van der Waals surface area contributed by atoms with Gasteiger partial charge in [0.25, 0.3) is 5.91 Å². The number of ether oxygens (including phenoxy) is 1. The first-order chi connectivity index (χ1) is 13.4. The molecule has 1 heterocycles. The molecular weight excluding hydrogens is 370 g/mol. The van der Waals surface area contributed by atoms with Crippen LogP contribution < -0.4 is 14.5 Å². The zero-order valence-corrected chi connectivity index (χ0v) is 18.0. The number of carbonyl (C=O) groups excluding carboxylic acids is 1. The summed E-state index contributed by atoms with van der Waals surface area (Å²) in [5.74, 6) is 0.751. The number of benzene rings is 2. The summed E-state index contributed by atoms with van der Waals surface area (Å²) in [4.78, 5) is 21.2. The number of carbonyl (C=O) groups is 1. The number of aromatic nitrogens is 1. The van der Waals surface area contributed by atoms with Crippen LogP contribution in [0.3, 0.4) is 0 Å². The lowest BCUT2D eigenvalue weighted by Crippen LogP contribution is -3.06. The van der Waals surface area contributed by atoms with Crippen molar-refractivity contribution in [2.75, 3.05) is 38.7 Å². The molecule has 0 radical (unpaired) electrons. The average Bonchev–Trinajstić information content (AvgIpc) is 3.09. The summed E-state index contributed by atoms with van der Waals surface area (Å²) in [5, 5.41) is 0.714. The molecule has 0 spiro atoms. The first-order valence-corrected chi connectivity index (χ1v) is 10.4. The fraction of sp³-hybridized carbons (Fsp3) is 0.364. The molecule has 0 aliphatic carbocycles. The van der Waals surface area contributed by atoms with Crippen molar-refractivity contribution in [1.82, 2.24) is 4.98 Å². The number of quaternary nitrogens is 1. The first kappa shape index (κ1) is 20.3. The van der Waals surface area contributed by atoms with Gasteiger partial charge in [-0.05, 0) is 56.2 Å². The van der Waals surface area contributed by atoms with Crippen LogP contribution in [0, 0.1) is 13.8 Å². The number of amides is 1. The lowest BCUT2D eigenvalue weighted by atomic mass is 10.1. The van der Waals surface area contributed by atoms with Crippen molar-refractivity contribution in [2.45, 2.75) is 20.8 Å². The molecule has 0 fully saturated rings. The second kappa shape index (κ2) is 8.71. The van der Waals surface area contributed by atoms with E-state index in [1.54, 1.807) is 4.90 Å². The van der Waals surface area contributed by atoms with Crippen LogP contribution in [0.4, 0.5) is 5.13 Å². The molecule has 2 aromatic carbocycles. The van der Waals surface area contributed by atoms with Gasteiger partial charge >= 0.3 is 0 Å². The number of aryl methyl sites for hydroxylation is 2. The van der Waals surface area contributed by atoms with Crippen molar-refractivity contribution in [3.63, 3.8) is 0 Å². The Morgan fingerprint density at radius 2 is 1.96 bits per heavy atom. The minimum Gasteiger partial charge on any atom is -0.492 e. The van der Waals surface area contributed by atoms with E-state index in [0.29, 0.717) is 23.8 Å². The van der Waals surface area contributed by atoms with Crippen molar-refractivity contribution in [1.29, 1.82) is 0 Å². The Bertz CT molecular complexity index is 981. The Morgan fingerprint density at radius 1 is 1.18 bits per heavy atom. The molecule has 1 aromatic heterocycles. The molecule has 0 saturated heterocycles. The molecule has 1 N–H and O–H groups in total. The maximum Gasteiger partial charge on any atom is 0.260 e. The second-order valence-electron chi connectivity index (χ2n) is 7.25. The number of hydrogen-bond donors (Lipinski definition) is 1. The van der Waals surface area contributed by atoms with Crippen LogP contribution in [0.15, 0.2) is 36.4 Å². The van der Waals surface area contributed by atoms with Crippen molar-refractivity contribution in [3.05, 3.63) is 53.1 Å². The van der Waals surface area contributed by atoms with Crippen LogP contribution in [0.1, 0.15) is 28.4 Å². The smallest absolute Gasteiger partial charge is 0.260 e. The maximum atomic E-state index is 13.4. The third-order valence-electron chi connectivity index (χ3n) is 4.74. The Labute approximate surface area is 170 Å². The highest BCUT2D eigenvalue weighted by Crippen LogP contribution is 2.34. The molecule has 28 heavy (non-hydrogen) atoms. The minimum absolute atomic E-state index is 0.0126. The minimum atomic E-state index is -0.0126. The van der Waals surface area contributed by atoms with Crippen molar-refractivity contribution < 1.29 is 14.4 Å². The van der Waals surface area contributed by atoms with Gasteiger partial charge in [-0.25, -0.2) is 4.98 Å². The number of thiazole rings is 1. The molecular formula is C22H28N3O2S+. The zero-order valence-electron chi connectivity index (χ0n) is 17.2. The van der Waals surface area contributed by atoms with Gasteiger partial charge in [-0.2, -0.15) is 0 Å².